The molecule has 1 heterocycles. The van der Waals surface area contributed by atoms with E-state index in [2.05, 4.69) is 5.32 Å². The molecule has 3 aromatic carbocycles. The molecule has 0 radical (unpaired) electrons. The van der Waals surface area contributed by atoms with Gasteiger partial charge in [0.2, 0.25) is 0 Å². The minimum absolute atomic E-state index is 0.0674. The third-order valence-electron chi connectivity index (χ3n) is 6.38. The van der Waals surface area contributed by atoms with Gasteiger partial charge in [0.05, 0.1) is 25.8 Å². The van der Waals surface area contributed by atoms with Crippen LogP contribution in [0, 0.1) is 0 Å². The van der Waals surface area contributed by atoms with Gasteiger partial charge in [-0.05, 0) is 67.8 Å². The number of hydrogen-bond donors (Lipinski definition) is 1. The van der Waals surface area contributed by atoms with Gasteiger partial charge in [-0.15, -0.1) is 0 Å². The number of carbonyl (C=O) groups is 3. The van der Waals surface area contributed by atoms with Crippen molar-refractivity contribution in [3.8, 4) is 5.75 Å². The van der Waals surface area contributed by atoms with Crippen molar-refractivity contribution in [3.63, 3.8) is 0 Å². The molecule has 0 saturated heterocycles. The monoisotopic (exact) mass is 579 g/mol. The summed E-state index contributed by atoms with van der Waals surface area (Å²) in [5, 5.41) is 2.79. The molecule has 1 aliphatic heterocycles. The van der Waals surface area contributed by atoms with E-state index in [4.69, 9.17) is 9.47 Å². The number of rotatable bonds is 8. The SMILES string of the molecule is COc1ccc(CNC(=O)c2ccc3c(c2)S(=O)(=O)N(Cc2ccc(CC(=O)OC(C)(C)C)cc2)C(=O)N3C)cc1. The molecule has 3 amide bonds. The van der Waals surface area contributed by atoms with Crippen LogP contribution in [0.25, 0.3) is 0 Å². The van der Waals surface area contributed by atoms with E-state index in [1.165, 1.54) is 30.1 Å². The third-order valence-corrected chi connectivity index (χ3v) is 8.13. The number of ether oxygens (including phenoxy) is 2. The number of urea groups is 1. The highest BCUT2D eigenvalue weighted by atomic mass is 32.2. The minimum atomic E-state index is -4.27. The zero-order valence-electron chi connectivity index (χ0n) is 23.6. The molecule has 1 N–H and O–H groups in total. The van der Waals surface area contributed by atoms with Gasteiger partial charge in [0, 0.05) is 19.2 Å². The lowest BCUT2D eigenvalue weighted by atomic mass is 10.1. The van der Waals surface area contributed by atoms with E-state index in [1.807, 2.05) is 12.1 Å². The molecule has 3 aromatic rings. The Balaban J connectivity index is 1.50. The molecule has 0 aliphatic carbocycles. The fourth-order valence-corrected chi connectivity index (χ4v) is 5.91. The topological polar surface area (TPSA) is 122 Å². The predicted octanol–water partition coefficient (Wildman–Crippen LogP) is 4.27. The highest BCUT2D eigenvalue weighted by Crippen LogP contribution is 2.35. The van der Waals surface area contributed by atoms with E-state index in [0.29, 0.717) is 16.9 Å². The third kappa shape index (κ3) is 6.86. The molecule has 0 bridgehead atoms. The summed E-state index contributed by atoms with van der Waals surface area (Å²) in [6.45, 7) is 5.39. The van der Waals surface area contributed by atoms with E-state index in [9.17, 15) is 22.8 Å². The molecular weight excluding hydrogens is 546 g/mol. The highest BCUT2D eigenvalue weighted by molar-refractivity contribution is 7.90. The molecular formula is C30H33N3O7S. The molecule has 10 nitrogen and oxygen atoms in total. The van der Waals surface area contributed by atoms with Crippen LogP contribution in [-0.4, -0.2) is 50.4 Å². The van der Waals surface area contributed by atoms with Crippen LogP contribution in [0.1, 0.15) is 47.8 Å². The molecule has 0 saturated carbocycles. The number of benzene rings is 3. The van der Waals surface area contributed by atoms with Gasteiger partial charge in [0.25, 0.3) is 15.9 Å². The zero-order valence-corrected chi connectivity index (χ0v) is 24.4. The number of fused-ring (bicyclic) bond motifs is 1. The first-order valence-corrected chi connectivity index (χ1v) is 14.4. The number of amides is 3. The molecule has 41 heavy (non-hydrogen) atoms. The first-order chi connectivity index (χ1) is 19.3. The first-order valence-electron chi connectivity index (χ1n) is 12.9. The number of hydrogen-bond acceptors (Lipinski definition) is 7. The Morgan fingerprint density at radius 2 is 1.51 bits per heavy atom. The summed E-state index contributed by atoms with van der Waals surface area (Å²) in [6.07, 6.45) is 0.0674. The Kier molecular flexibility index (Phi) is 8.39. The van der Waals surface area contributed by atoms with E-state index in [1.54, 1.807) is 64.3 Å². The average Bonchev–Trinajstić information content (AvgIpc) is 2.93. The van der Waals surface area contributed by atoms with Gasteiger partial charge in [-0.1, -0.05) is 36.4 Å². The molecule has 216 valence electrons. The number of nitrogens with zero attached hydrogens (tertiary/aromatic N) is 2. The Bertz CT molecular complexity index is 1560. The van der Waals surface area contributed by atoms with Crippen molar-refractivity contribution in [2.45, 2.75) is 50.8 Å². The maximum atomic E-state index is 13.6. The van der Waals surface area contributed by atoms with Gasteiger partial charge in [0.1, 0.15) is 16.2 Å². The molecule has 0 spiro atoms. The second-order valence-electron chi connectivity index (χ2n) is 10.6. The van der Waals surface area contributed by atoms with Gasteiger partial charge in [-0.3, -0.25) is 14.5 Å². The molecule has 0 unspecified atom stereocenters. The fraction of sp³-hybridized carbons (Fsp3) is 0.300. The maximum absolute atomic E-state index is 13.6. The summed E-state index contributed by atoms with van der Waals surface area (Å²) in [4.78, 5) is 39.2. The Hall–Kier alpha value is -4.38. The second kappa shape index (κ2) is 11.6. The van der Waals surface area contributed by atoms with Crippen LogP contribution in [0.15, 0.2) is 71.6 Å². The van der Waals surface area contributed by atoms with Gasteiger partial charge < -0.3 is 14.8 Å². The number of nitrogens with one attached hydrogen (secondary N) is 1. The Labute approximate surface area is 239 Å². The van der Waals surface area contributed by atoms with Crippen LogP contribution in [-0.2, 0) is 39.1 Å². The zero-order chi connectivity index (χ0) is 29.9. The van der Waals surface area contributed by atoms with Crippen molar-refractivity contribution in [2.24, 2.45) is 0 Å². The standard InChI is InChI=1S/C30H33N3O7S/c1-30(2,3)40-27(34)16-20-6-8-22(9-7-20)19-33-29(36)32(4)25-15-12-23(17-26(25)41(33,37)38)28(35)31-18-21-10-13-24(39-5)14-11-21/h6-15,17H,16,18-19H2,1-5H3,(H,31,35). The Morgan fingerprint density at radius 1 is 0.902 bits per heavy atom. The highest BCUT2D eigenvalue weighted by Gasteiger charge is 2.40. The van der Waals surface area contributed by atoms with Crippen LogP contribution in [0.3, 0.4) is 0 Å². The summed E-state index contributed by atoms with van der Waals surface area (Å²) in [5.74, 6) is -0.133. The molecule has 0 fully saturated rings. The average molecular weight is 580 g/mol. The Morgan fingerprint density at radius 3 is 2.12 bits per heavy atom. The van der Waals surface area contributed by atoms with Crippen LogP contribution in [0.4, 0.5) is 10.5 Å². The van der Waals surface area contributed by atoms with Crippen molar-refractivity contribution >= 4 is 33.6 Å². The molecule has 11 heteroatoms. The minimum Gasteiger partial charge on any atom is -0.497 e. The lowest BCUT2D eigenvalue weighted by molar-refractivity contribution is -0.153. The fourth-order valence-electron chi connectivity index (χ4n) is 4.28. The largest absolute Gasteiger partial charge is 0.497 e. The second-order valence-corrected chi connectivity index (χ2v) is 12.5. The smallest absolute Gasteiger partial charge is 0.338 e. The summed E-state index contributed by atoms with van der Waals surface area (Å²) < 4.78 is 38.5. The molecule has 4 rings (SSSR count). The molecule has 0 aromatic heterocycles. The van der Waals surface area contributed by atoms with Crippen molar-refractivity contribution in [2.75, 3.05) is 19.1 Å². The maximum Gasteiger partial charge on any atom is 0.338 e. The van der Waals surface area contributed by atoms with Gasteiger partial charge in [-0.2, -0.15) is 0 Å². The number of anilines is 1. The number of methoxy groups -OCH3 is 1. The van der Waals surface area contributed by atoms with Crippen LogP contribution >= 0.6 is 0 Å². The van der Waals surface area contributed by atoms with E-state index in [0.717, 1.165) is 9.87 Å². The van der Waals surface area contributed by atoms with Crippen molar-refractivity contribution in [1.82, 2.24) is 9.62 Å². The van der Waals surface area contributed by atoms with Crippen LogP contribution < -0.4 is 15.0 Å². The van der Waals surface area contributed by atoms with E-state index >= 15 is 0 Å². The van der Waals surface area contributed by atoms with Crippen molar-refractivity contribution in [1.29, 1.82) is 0 Å². The van der Waals surface area contributed by atoms with Gasteiger partial charge in [-0.25, -0.2) is 17.5 Å². The first kappa shape index (κ1) is 29.6. The number of esters is 1. The lowest BCUT2D eigenvalue weighted by Crippen LogP contribution is -2.48. The quantitative estimate of drug-likeness (QED) is 0.396. The molecule has 1 aliphatic rings. The number of carbonyl (C=O) groups excluding carboxylic acids is 3. The normalized spacial score (nSPS) is 14.3. The summed E-state index contributed by atoms with van der Waals surface area (Å²) in [6, 6.07) is 17.4. The van der Waals surface area contributed by atoms with Crippen LogP contribution in [0.5, 0.6) is 5.75 Å². The van der Waals surface area contributed by atoms with Gasteiger partial charge in [0.15, 0.2) is 0 Å². The predicted molar refractivity (Wildman–Crippen MR) is 153 cm³/mol. The summed E-state index contributed by atoms with van der Waals surface area (Å²) in [7, 11) is -1.22. The van der Waals surface area contributed by atoms with Crippen molar-refractivity contribution in [3.05, 3.63) is 89.0 Å². The molecule has 0 atom stereocenters. The number of sulfonamides is 1. The van der Waals surface area contributed by atoms with Crippen molar-refractivity contribution < 1.29 is 32.3 Å². The summed E-state index contributed by atoms with van der Waals surface area (Å²) >= 11 is 0. The summed E-state index contributed by atoms with van der Waals surface area (Å²) in [5.41, 5.74) is 1.84. The van der Waals surface area contributed by atoms with E-state index in [-0.39, 0.29) is 41.6 Å². The lowest BCUT2D eigenvalue weighted by Gasteiger charge is -2.34. The van der Waals surface area contributed by atoms with Gasteiger partial charge >= 0.3 is 12.0 Å². The van der Waals surface area contributed by atoms with E-state index < -0.39 is 27.6 Å². The van der Waals surface area contributed by atoms with Crippen LogP contribution in [0.2, 0.25) is 0 Å².